The topological polar surface area (TPSA) is 0 Å². The maximum atomic E-state index is 2.43. The van der Waals surface area contributed by atoms with Crippen LogP contribution in [0.15, 0.2) is 12.2 Å². The van der Waals surface area contributed by atoms with Crippen LogP contribution in [0.5, 0.6) is 0 Å². The molecular weight excluding hydrogens is 176 g/mol. The third-order valence-electron chi connectivity index (χ3n) is 2.58. The minimum Gasteiger partial charge on any atom is -0.161 e. The van der Waals surface area contributed by atoms with E-state index in [-0.39, 0.29) is 0 Å². The lowest BCUT2D eigenvalue weighted by molar-refractivity contribution is 0.592. The Hall–Kier alpha value is 0.0900. The van der Waals surface area contributed by atoms with Crippen molar-refractivity contribution in [3.8, 4) is 0 Å². The molecule has 0 N–H and O–H groups in total. The molecule has 0 aliphatic heterocycles. The molecule has 0 amide bonds. The van der Waals surface area contributed by atoms with Crippen LogP contribution in [0.4, 0.5) is 0 Å². The van der Waals surface area contributed by atoms with Gasteiger partial charge in [-0.05, 0) is 43.1 Å². The van der Waals surface area contributed by atoms with Gasteiger partial charge in [-0.25, -0.2) is 0 Å². The van der Waals surface area contributed by atoms with Gasteiger partial charge in [0.15, 0.2) is 0 Å². The lowest BCUT2D eigenvalue weighted by atomic mass is 9.98. The van der Waals surface area contributed by atoms with E-state index in [1.165, 1.54) is 50.0 Å². The van der Waals surface area contributed by atoms with Crippen molar-refractivity contribution >= 4 is 11.8 Å². The normalized spacial score (nSPS) is 22.1. The zero-order chi connectivity index (χ0) is 9.36. The molecule has 0 saturated heterocycles. The Morgan fingerprint density at radius 2 is 2.31 bits per heavy atom. The molecule has 1 heteroatoms. The Bertz CT molecular complexity index is 140. The number of hydrogen-bond acceptors (Lipinski definition) is 1. The van der Waals surface area contributed by atoms with Gasteiger partial charge in [0.1, 0.15) is 0 Å². The monoisotopic (exact) mass is 198 g/mol. The SMILES string of the molecule is CCCCCSCC1C=CCCC1. The average Bonchev–Trinajstić information content (AvgIpc) is 2.19. The quantitative estimate of drug-likeness (QED) is 0.454. The first-order valence-electron chi connectivity index (χ1n) is 5.68. The van der Waals surface area contributed by atoms with Crippen molar-refractivity contribution in [3.63, 3.8) is 0 Å². The molecule has 0 radical (unpaired) electrons. The fourth-order valence-electron chi connectivity index (χ4n) is 1.71. The van der Waals surface area contributed by atoms with E-state index < -0.39 is 0 Å². The van der Waals surface area contributed by atoms with Crippen molar-refractivity contribution in [2.24, 2.45) is 5.92 Å². The molecule has 0 bridgehead atoms. The first kappa shape index (κ1) is 11.2. The van der Waals surface area contributed by atoms with Gasteiger partial charge in [-0.15, -0.1) is 0 Å². The number of unbranched alkanes of at least 4 members (excludes halogenated alkanes) is 2. The van der Waals surface area contributed by atoms with Gasteiger partial charge in [0.2, 0.25) is 0 Å². The highest BCUT2D eigenvalue weighted by molar-refractivity contribution is 7.99. The molecule has 0 spiro atoms. The molecule has 1 unspecified atom stereocenters. The summed E-state index contributed by atoms with van der Waals surface area (Å²) in [6, 6.07) is 0. The van der Waals surface area contributed by atoms with E-state index in [1.807, 2.05) is 0 Å². The van der Waals surface area contributed by atoms with E-state index in [9.17, 15) is 0 Å². The van der Waals surface area contributed by atoms with Gasteiger partial charge in [-0.3, -0.25) is 0 Å². The molecule has 76 valence electrons. The zero-order valence-electron chi connectivity index (χ0n) is 8.80. The van der Waals surface area contributed by atoms with Crippen molar-refractivity contribution in [2.45, 2.75) is 45.4 Å². The standard InChI is InChI=1S/C12H22S/c1-2-3-7-10-13-11-12-8-5-4-6-9-12/h5,8,12H,2-4,6-7,9-11H2,1H3. The van der Waals surface area contributed by atoms with Crippen LogP contribution in [0.1, 0.15) is 45.4 Å². The highest BCUT2D eigenvalue weighted by Gasteiger charge is 2.07. The second-order valence-corrected chi connectivity index (χ2v) is 5.05. The van der Waals surface area contributed by atoms with Crippen molar-refractivity contribution in [1.82, 2.24) is 0 Å². The second kappa shape index (κ2) is 7.49. The molecule has 1 atom stereocenters. The van der Waals surface area contributed by atoms with Crippen molar-refractivity contribution < 1.29 is 0 Å². The van der Waals surface area contributed by atoms with Crippen LogP contribution >= 0.6 is 11.8 Å². The van der Waals surface area contributed by atoms with E-state index in [0.717, 1.165) is 5.92 Å². The highest BCUT2D eigenvalue weighted by atomic mass is 32.2. The van der Waals surface area contributed by atoms with Crippen molar-refractivity contribution in [3.05, 3.63) is 12.2 Å². The first-order valence-corrected chi connectivity index (χ1v) is 6.83. The fraction of sp³-hybridized carbons (Fsp3) is 0.833. The van der Waals surface area contributed by atoms with Crippen LogP contribution < -0.4 is 0 Å². The van der Waals surface area contributed by atoms with Crippen molar-refractivity contribution in [1.29, 1.82) is 0 Å². The van der Waals surface area contributed by atoms with Gasteiger partial charge in [0, 0.05) is 0 Å². The van der Waals surface area contributed by atoms with Crippen LogP contribution in [-0.4, -0.2) is 11.5 Å². The van der Waals surface area contributed by atoms with E-state index in [4.69, 9.17) is 0 Å². The molecule has 0 nitrogen and oxygen atoms in total. The maximum Gasteiger partial charge on any atom is -0.000446 e. The zero-order valence-corrected chi connectivity index (χ0v) is 9.61. The van der Waals surface area contributed by atoms with Gasteiger partial charge in [0.05, 0.1) is 0 Å². The van der Waals surface area contributed by atoms with Gasteiger partial charge in [-0.1, -0.05) is 31.9 Å². The van der Waals surface area contributed by atoms with E-state index in [2.05, 4.69) is 30.8 Å². The summed E-state index contributed by atoms with van der Waals surface area (Å²) in [5, 5.41) is 0. The van der Waals surface area contributed by atoms with Crippen LogP contribution in [0.3, 0.4) is 0 Å². The first-order chi connectivity index (χ1) is 6.43. The summed E-state index contributed by atoms with van der Waals surface area (Å²) >= 11 is 2.15. The molecule has 1 aliphatic rings. The van der Waals surface area contributed by atoms with E-state index >= 15 is 0 Å². The van der Waals surface area contributed by atoms with Gasteiger partial charge < -0.3 is 0 Å². The predicted molar refractivity (Wildman–Crippen MR) is 63.3 cm³/mol. The summed E-state index contributed by atoms with van der Waals surface area (Å²) < 4.78 is 0. The molecule has 0 fully saturated rings. The second-order valence-electron chi connectivity index (χ2n) is 3.90. The summed E-state index contributed by atoms with van der Waals surface area (Å²) in [4.78, 5) is 0. The summed E-state index contributed by atoms with van der Waals surface area (Å²) in [5.41, 5.74) is 0. The Labute approximate surface area is 87.2 Å². The Balaban J connectivity index is 1.92. The minimum absolute atomic E-state index is 0.889. The van der Waals surface area contributed by atoms with Gasteiger partial charge >= 0.3 is 0 Å². The summed E-state index contributed by atoms with van der Waals surface area (Å²) in [6.45, 7) is 2.27. The molecule has 0 saturated carbocycles. The fourth-order valence-corrected chi connectivity index (χ4v) is 2.87. The molecule has 0 aromatic rings. The van der Waals surface area contributed by atoms with Crippen LogP contribution in [0.25, 0.3) is 0 Å². The lowest BCUT2D eigenvalue weighted by Gasteiger charge is -2.15. The number of allylic oxidation sites excluding steroid dienone is 2. The molecule has 1 rings (SSSR count). The van der Waals surface area contributed by atoms with Gasteiger partial charge in [-0.2, -0.15) is 11.8 Å². The summed E-state index contributed by atoms with van der Waals surface area (Å²) in [6.07, 6.45) is 13.1. The molecule has 0 aromatic carbocycles. The largest absolute Gasteiger partial charge is 0.161 e. The molecule has 0 aromatic heterocycles. The Morgan fingerprint density at radius 1 is 1.38 bits per heavy atom. The molecule has 0 heterocycles. The molecule has 13 heavy (non-hydrogen) atoms. The van der Waals surface area contributed by atoms with Crippen molar-refractivity contribution in [2.75, 3.05) is 11.5 Å². The Morgan fingerprint density at radius 3 is 3.00 bits per heavy atom. The number of rotatable bonds is 6. The predicted octanol–water partition coefficient (Wildman–Crippen LogP) is 4.27. The minimum atomic E-state index is 0.889. The third kappa shape index (κ3) is 5.41. The van der Waals surface area contributed by atoms with E-state index in [1.54, 1.807) is 0 Å². The van der Waals surface area contributed by atoms with E-state index in [0.29, 0.717) is 0 Å². The summed E-state index contributed by atoms with van der Waals surface area (Å²) in [7, 11) is 0. The molecule has 1 aliphatic carbocycles. The van der Waals surface area contributed by atoms with Crippen LogP contribution in [0, 0.1) is 5.92 Å². The Kier molecular flexibility index (Phi) is 6.43. The molecular formula is C12H22S. The lowest BCUT2D eigenvalue weighted by Crippen LogP contribution is -2.03. The third-order valence-corrected chi connectivity index (χ3v) is 3.82. The maximum absolute atomic E-state index is 2.43. The average molecular weight is 198 g/mol. The van der Waals surface area contributed by atoms with Crippen LogP contribution in [-0.2, 0) is 0 Å². The van der Waals surface area contributed by atoms with Gasteiger partial charge in [0.25, 0.3) is 0 Å². The number of thioether (sulfide) groups is 1. The van der Waals surface area contributed by atoms with Crippen LogP contribution in [0.2, 0.25) is 0 Å². The smallest absolute Gasteiger partial charge is 0.000446 e. The number of hydrogen-bond donors (Lipinski definition) is 0. The highest BCUT2D eigenvalue weighted by Crippen LogP contribution is 2.21. The summed E-state index contributed by atoms with van der Waals surface area (Å²) in [5.74, 6) is 3.62.